The van der Waals surface area contributed by atoms with Gasteiger partial charge in [0.05, 0.1) is 11.4 Å². The molecule has 0 saturated carbocycles. The van der Waals surface area contributed by atoms with Crippen LogP contribution in [0.25, 0.3) is 0 Å². The van der Waals surface area contributed by atoms with Gasteiger partial charge >= 0.3 is 0 Å². The average molecular weight is 216 g/mol. The van der Waals surface area contributed by atoms with Crippen molar-refractivity contribution in [2.75, 3.05) is 4.31 Å². The zero-order valence-electron chi connectivity index (χ0n) is 8.21. The van der Waals surface area contributed by atoms with E-state index in [1.807, 2.05) is 65.0 Å². The van der Waals surface area contributed by atoms with Crippen LogP contribution in [0.2, 0.25) is 0 Å². The lowest BCUT2D eigenvalue weighted by molar-refractivity contribution is 1.43. The quantitative estimate of drug-likeness (QED) is 0.798. The number of nitrogens with two attached hydrogens (primary N) is 1. The fraction of sp³-hybridized carbons (Fsp3) is 0. The average Bonchev–Trinajstić information content (AvgIpc) is 2.33. The molecule has 2 aromatic carbocycles. The maximum atomic E-state index is 5.68. The molecule has 3 heteroatoms. The number of para-hydroxylation sites is 2. The molecule has 2 rings (SSSR count). The van der Waals surface area contributed by atoms with Gasteiger partial charge in [-0.2, -0.15) is 0 Å². The zero-order chi connectivity index (χ0) is 10.5. The molecule has 0 aromatic heterocycles. The molecular formula is C12H12N2S. The summed E-state index contributed by atoms with van der Waals surface area (Å²) in [5.41, 5.74) is 2.16. The summed E-state index contributed by atoms with van der Waals surface area (Å²) in [6.45, 7) is 0. The third-order valence-corrected chi connectivity index (χ3v) is 2.72. The molecule has 0 aliphatic carbocycles. The zero-order valence-corrected chi connectivity index (χ0v) is 9.02. The Bertz CT molecular complexity index is 363. The standard InChI is InChI=1S/C12H12N2S/c13-15-14(11-7-3-1-4-8-11)12-9-5-2-6-10-12/h1-10H,13H2. The van der Waals surface area contributed by atoms with Crippen molar-refractivity contribution in [3.8, 4) is 0 Å². The smallest absolute Gasteiger partial charge is 0.0537 e. The summed E-state index contributed by atoms with van der Waals surface area (Å²) in [5.74, 6) is 0. The van der Waals surface area contributed by atoms with Crippen molar-refractivity contribution in [2.24, 2.45) is 5.14 Å². The van der Waals surface area contributed by atoms with Crippen molar-refractivity contribution >= 4 is 23.5 Å². The van der Waals surface area contributed by atoms with Crippen molar-refractivity contribution in [1.29, 1.82) is 0 Å². The van der Waals surface area contributed by atoms with Gasteiger partial charge in [-0.05, 0) is 24.3 Å². The fourth-order valence-electron chi connectivity index (χ4n) is 1.40. The number of hydrogen-bond donors (Lipinski definition) is 1. The van der Waals surface area contributed by atoms with Crippen molar-refractivity contribution < 1.29 is 0 Å². The normalized spacial score (nSPS) is 9.93. The molecule has 0 aliphatic rings. The Labute approximate surface area is 94.0 Å². The first-order chi connectivity index (χ1) is 7.42. The van der Waals surface area contributed by atoms with Crippen LogP contribution in [0.15, 0.2) is 60.7 Å². The SMILES string of the molecule is NSN(c1ccccc1)c1ccccc1. The van der Waals surface area contributed by atoms with E-state index in [0.29, 0.717) is 0 Å². The highest BCUT2D eigenvalue weighted by atomic mass is 32.2. The van der Waals surface area contributed by atoms with E-state index in [-0.39, 0.29) is 0 Å². The van der Waals surface area contributed by atoms with Gasteiger partial charge in [0.15, 0.2) is 0 Å². The molecule has 0 radical (unpaired) electrons. The Morgan fingerprint density at radius 3 is 1.47 bits per heavy atom. The Morgan fingerprint density at radius 1 is 0.733 bits per heavy atom. The van der Waals surface area contributed by atoms with Crippen molar-refractivity contribution in [3.05, 3.63) is 60.7 Å². The highest BCUT2D eigenvalue weighted by Gasteiger charge is 2.06. The molecule has 2 N–H and O–H groups in total. The molecule has 0 bridgehead atoms. The summed E-state index contributed by atoms with van der Waals surface area (Å²) in [6, 6.07) is 20.1. The predicted octanol–water partition coefficient (Wildman–Crippen LogP) is 3.35. The molecular weight excluding hydrogens is 204 g/mol. The molecule has 0 unspecified atom stereocenters. The topological polar surface area (TPSA) is 29.3 Å². The first-order valence-corrected chi connectivity index (χ1v) is 5.52. The second-order valence-corrected chi connectivity index (χ2v) is 3.65. The highest BCUT2D eigenvalue weighted by Crippen LogP contribution is 2.28. The lowest BCUT2D eigenvalue weighted by Gasteiger charge is -2.20. The van der Waals surface area contributed by atoms with E-state index in [1.165, 1.54) is 12.1 Å². The first kappa shape index (κ1) is 10.1. The van der Waals surface area contributed by atoms with Gasteiger partial charge in [-0.3, -0.25) is 9.44 Å². The van der Waals surface area contributed by atoms with Crippen LogP contribution < -0.4 is 9.44 Å². The minimum atomic E-state index is 1.08. The summed E-state index contributed by atoms with van der Waals surface area (Å²) in [5, 5.41) is 5.68. The van der Waals surface area contributed by atoms with Gasteiger partial charge < -0.3 is 0 Å². The van der Waals surface area contributed by atoms with Gasteiger partial charge in [0.2, 0.25) is 0 Å². The summed E-state index contributed by atoms with van der Waals surface area (Å²) < 4.78 is 1.99. The monoisotopic (exact) mass is 216 g/mol. The lowest BCUT2D eigenvalue weighted by Crippen LogP contribution is -2.09. The molecule has 76 valence electrons. The summed E-state index contributed by atoms with van der Waals surface area (Å²) in [6.07, 6.45) is 0. The molecule has 0 amide bonds. The molecule has 0 saturated heterocycles. The molecule has 2 nitrogen and oxygen atoms in total. The first-order valence-electron chi connectivity index (χ1n) is 4.69. The largest absolute Gasteiger partial charge is 0.272 e. The van der Waals surface area contributed by atoms with E-state index >= 15 is 0 Å². The van der Waals surface area contributed by atoms with Crippen LogP contribution >= 0.6 is 12.1 Å². The van der Waals surface area contributed by atoms with Gasteiger partial charge in [-0.1, -0.05) is 36.4 Å². The predicted molar refractivity (Wildman–Crippen MR) is 66.8 cm³/mol. The van der Waals surface area contributed by atoms with E-state index in [1.54, 1.807) is 0 Å². The third kappa shape index (κ3) is 2.32. The summed E-state index contributed by atoms with van der Waals surface area (Å²) >= 11 is 1.21. The molecule has 0 fully saturated rings. The number of hydrogen-bond acceptors (Lipinski definition) is 3. The van der Waals surface area contributed by atoms with E-state index in [2.05, 4.69) is 0 Å². The van der Waals surface area contributed by atoms with Crippen LogP contribution in [-0.4, -0.2) is 0 Å². The number of nitrogens with zero attached hydrogens (tertiary/aromatic N) is 1. The van der Waals surface area contributed by atoms with Crippen molar-refractivity contribution in [3.63, 3.8) is 0 Å². The summed E-state index contributed by atoms with van der Waals surface area (Å²) in [4.78, 5) is 0. The minimum absolute atomic E-state index is 1.08. The maximum Gasteiger partial charge on any atom is 0.0537 e. The van der Waals surface area contributed by atoms with Gasteiger partial charge in [-0.15, -0.1) is 0 Å². The number of benzene rings is 2. The van der Waals surface area contributed by atoms with Gasteiger partial charge in [0.25, 0.3) is 0 Å². The van der Waals surface area contributed by atoms with Crippen LogP contribution in [0.5, 0.6) is 0 Å². The molecule has 2 aromatic rings. The Morgan fingerprint density at radius 2 is 1.13 bits per heavy atom. The Balaban J connectivity index is 2.34. The Hall–Kier alpha value is -1.45. The van der Waals surface area contributed by atoms with Crippen LogP contribution in [0.4, 0.5) is 11.4 Å². The van der Waals surface area contributed by atoms with E-state index < -0.39 is 0 Å². The second-order valence-electron chi connectivity index (χ2n) is 3.07. The van der Waals surface area contributed by atoms with Gasteiger partial charge in [-0.25, -0.2) is 0 Å². The van der Waals surface area contributed by atoms with Crippen LogP contribution in [0.3, 0.4) is 0 Å². The third-order valence-electron chi connectivity index (χ3n) is 2.09. The van der Waals surface area contributed by atoms with Gasteiger partial charge in [0, 0.05) is 12.1 Å². The van der Waals surface area contributed by atoms with Gasteiger partial charge in [0.1, 0.15) is 0 Å². The Kier molecular flexibility index (Phi) is 3.27. The van der Waals surface area contributed by atoms with Crippen LogP contribution in [0, 0.1) is 0 Å². The number of rotatable bonds is 3. The van der Waals surface area contributed by atoms with Crippen molar-refractivity contribution in [1.82, 2.24) is 0 Å². The molecule has 0 atom stereocenters. The minimum Gasteiger partial charge on any atom is -0.272 e. The summed E-state index contributed by atoms with van der Waals surface area (Å²) in [7, 11) is 0. The lowest BCUT2D eigenvalue weighted by atomic mass is 10.3. The fourth-order valence-corrected chi connectivity index (χ4v) is 1.88. The molecule has 0 aliphatic heterocycles. The highest BCUT2D eigenvalue weighted by molar-refractivity contribution is 7.98. The van der Waals surface area contributed by atoms with Crippen LogP contribution in [-0.2, 0) is 0 Å². The molecule has 0 heterocycles. The van der Waals surface area contributed by atoms with Crippen molar-refractivity contribution in [2.45, 2.75) is 0 Å². The van der Waals surface area contributed by atoms with E-state index in [4.69, 9.17) is 5.14 Å². The second kappa shape index (κ2) is 4.87. The number of anilines is 2. The molecule has 0 spiro atoms. The van der Waals surface area contributed by atoms with E-state index in [0.717, 1.165) is 11.4 Å². The maximum absolute atomic E-state index is 5.68. The van der Waals surface area contributed by atoms with E-state index in [9.17, 15) is 0 Å². The van der Waals surface area contributed by atoms with Crippen LogP contribution in [0.1, 0.15) is 0 Å². The molecule has 15 heavy (non-hydrogen) atoms.